The van der Waals surface area contributed by atoms with Crippen molar-refractivity contribution < 1.29 is 18.9 Å². The molecule has 0 radical (unpaired) electrons. The number of aromatic nitrogens is 1. The molecule has 0 atom stereocenters. The Kier molecular flexibility index (Phi) is 4.60. The maximum Gasteiger partial charge on any atom is 1.00 e. The van der Waals surface area contributed by atoms with Crippen LogP contribution in [0.1, 0.15) is 0 Å². The number of hydrogen-bond acceptors (Lipinski definition) is 1. The zero-order valence-electron chi connectivity index (χ0n) is 4.86. The van der Waals surface area contributed by atoms with E-state index in [1.807, 2.05) is 0 Å². The van der Waals surface area contributed by atoms with Crippen LogP contribution < -0.4 is 18.9 Å². The standard InChI is InChI=1S/C5H2BrClN.Li/c6-4-1-2-8-5(7)3-4;/h1-2H;/q-1;+1. The van der Waals surface area contributed by atoms with E-state index in [2.05, 4.69) is 27.0 Å². The van der Waals surface area contributed by atoms with Crippen LogP contribution in [0, 0.1) is 6.07 Å². The zero-order chi connectivity index (χ0) is 5.98. The van der Waals surface area contributed by atoms with E-state index in [1.165, 1.54) is 0 Å². The molecule has 0 saturated heterocycles. The SMILES string of the molecule is Clc1[c-]c(Br)ccn1.[Li+]. The van der Waals surface area contributed by atoms with Crippen LogP contribution in [0.4, 0.5) is 0 Å². The van der Waals surface area contributed by atoms with Gasteiger partial charge >= 0.3 is 18.9 Å². The first kappa shape index (κ1) is 9.52. The van der Waals surface area contributed by atoms with Crippen molar-refractivity contribution >= 4 is 27.5 Å². The van der Waals surface area contributed by atoms with Gasteiger partial charge in [0.25, 0.3) is 0 Å². The van der Waals surface area contributed by atoms with E-state index in [0.717, 1.165) is 4.47 Å². The van der Waals surface area contributed by atoms with Crippen molar-refractivity contribution in [2.75, 3.05) is 0 Å². The Morgan fingerprint density at radius 2 is 2.33 bits per heavy atom. The van der Waals surface area contributed by atoms with E-state index in [4.69, 9.17) is 11.6 Å². The summed E-state index contributed by atoms with van der Waals surface area (Å²) in [5.41, 5.74) is 0. The number of nitrogens with zero attached hydrogens (tertiary/aromatic N) is 1. The Labute approximate surface area is 79.1 Å². The fraction of sp³-hybridized carbons (Fsp3) is 0. The van der Waals surface area contributed by atoms with Crippen molar-refractivity contribution in [1.29, 1.82) is 0 Å². The fourth-order valence-electron chi connectivity index (χ4n) is 0.341. The van der Waals surface area contributed by atoms with Crippen LogP contribution in [0.3, 0.4) is 0 Å². The van der Waals surface area contributed by atoms with Gasteiger partial charge in [0.2, 0.25) is 0 Å². The molecule has 1 rings (SSSR count). The smallest absolute Gasteiger partial charge is 0.284 e. The molecule has 0 aliphatic rings. The van der Waals surface area contributed by atoms with Gasteiger partial charge in [-0.1, -0.05) is 33.7 Å². The molecular formula is C5H2BrClLiN. The van der Waals surface area contributed by atoms with E-state index in [0.29, 0.717) is 5.15 Å². The van der Waals surface area contributed by atoms with Crippen LogP contribution in [0.5, 0.6) is 0 Å². The minimum atomic E-state index is 0. The van der Waals surface area contributed by atoms with Gasteiger partial charge in [-0.25, -0.2) is 0 Å². The molecule has 42 valence electrons. The molecule has 1 aromatic heterocycles. The summed E-state index contributed by atoms with van der Waals surface area (Å²) in [7, 11) is 0. The second-order valence-corrected chi connectivity index (χ2v) is 2.42. The molecule has 1 aromatic rings. The summed E-state index contributed by atoms with van der Waals surface area (Å²) in [5, 5.41) is 0.388. The molecule has 1 heterocycles. The first-order chi connectivity index (χ1) is 3.79. The molecule has 0 aromatic carbocycles. The normalized spacial score (nSPS) is 8.22. The van der Waals surface area contributed by atoms with Gasteiger partial charge in [-0.3, -0.25) is 4.98 Å². The quantitative estimate of drug-likeness (QED) is 0.305. The van der Waals surface area contributed by atoms with Crippen molar-refractivity contribution in [1.82, 2.24) is 4.98 Å². The Morgan fingerprint density at radius 3 is 2.67 bits per heavy atom. The van der Waals surface area contributed by atoms with Crippen molar-refractivity contribution in [3.63, 3.8) is 0 Å². The molecule has 0 N–H and O–H groups in total. The van der Waals surface area contributed by atoms with E-state index < -0.39 is 0 Å². The van der Waals surface area contributed by atoms with Crippen molar-refractivity contribution in [2.24, 2.45) is 0 Å². The van der Waals surface area contributed by atoms with E-state index >= 15 is 0 Å². The van der Waals surface area contributed by atoms with E-state index in [-0.39, 0.29) is 18.9 Å². The summed E-state index contributed by atoms with van der Waals surface area (Å²) in [6, 6.07) is 4.51. The first-order valence-electron chi connectivity index (χ1n) is 1.98. The maximum atomic E-state index is 5.45. The average molecular weight is 198 g/mol. The van der Waals surface area contributed by atoms with Crippen LogP contribution in [0.15, 0.2) is 16.7 Å². The summed E-state index contributed by atoms with van der Waals surface area (Å²) in [6.07, 6.45) is 1.61. The predicted octanol–water partition coefficient (Wildman–Crippen LogP) is -0.698. The molecule has 0 aliphatic carbocycles. The number of rotatable bonds is 0. The summed E-state index contributed by atoms with van der Waals surface area (Å²) in [4.78, 5) is 3.72. The van der Waals surface area contributed by atoms with Gasteiger partial charge in [-0.2, -0.15) is 12.1 Å². The Morgan fingerprint density at radius 1 is 1.67 bits per heavy atom. The molecule has 0 fully saturated rings. The number of pyridine rings is 1. The summed E-state index contributed by atoms with van der Waals surface area (Å²) in [5.74, 6) is 0. The van der Waals surface area contributed by atoms with Crippen molar-refractivity contribution in [3.05, 3.63) is 28.0 Å². The Hall–Kier alpha value is 0.517. The third kappa shape index (κ3) is 3.27. The minimum Gasteiger partial charge on any atom is -0.284 e. The van der Waals surface area contributed by atoms with Gasteiger partial charge in [0.05, 0.1) is 0 Å². The fourth-order valence-corrected chi connectivity index (χ4v) is 0.919. The van der Waals surface area contributed by atoms with Gasteiger partial charge < -0.3 is 0 Å². The average Bonchev–Trinajstić information content (AvgIpc) is 1.64. The molecular weight excluding hydrogens is 196 g/mol. The van der Waals surface area contributed by atoms with Gasteiger partial charge in [0.15, 0.2) is 0 Å². The second-order valence-electron chi connectivity index (χ2n) is 1.21. The van der Waals surface area contributed by atoms with Crippen LogP contribution in [0.2, 0.25) is 5.15 Å². The second kappa shape index (κ2) is 4.35. The molecule has 0 aliphatic heterocycles. The number of hydrogen-bond donors (Lipinski definition) is 0. The van der Waals surface area contributed by atoms with E-state index in [1.54, 1.807) is 12.3 Å². The van der Waals surface area contributed by atoms with Crippen LogP contribution >= 0.6 is 27.5 Å². The third-order valence-electron chi connectivity index (χ3n) is 0.631. The molecule has 9 heavy (non-hydrogen) atoms. The molecule has 0 bridgehead atoms. The van der Waals surface area contributed by atoms with Crippen molar-refractivity contribution in [2.45, 2.75) is 0 Å². The first-order valence-corrected chi connectivity index (χ1v) is 3.15. The van der Waals surface area contributed by atoms with Gasteiger partial charge in [0.1, 0.15) is 0 Å². The number of halogens is 2. The molecule has 4 heteroatoms. The molecule has 0 unspecified atom stereocenters. The monoisotopic (exact) mass is 197 g/mol. The summed E-state index contributed by atoms with van der Waals surface area (Å²) in [6.45, 7) is 0. The van der Waals surface area contributed by atoms with Crippen LogP contribution in [-0.2, 0) is 0 Å². The third-order valence-corrected chi connectivity index (χ3v) is 1.29. The Balaban J connectivity index is 0.000000640. The van der Waals surface area contributed by atoms with Crippen LogP contribution in [0.25, 0.3) is 0 Å². The maximum absolute atomic E-state index is 5.45. The minimum absolute atomic E-state index is 0. The van der Waals surface area contributed by atoms with Gasteiger partial charge in [-0.05, 0) is 0 Å². The van der Waals surface area contributed by atoms with Crippen LogP contribution in [-0.4, -0.2) is 4.98 Å². The Bertz CT molecular complexity index is 177. The summed E-state index contributed by atoms with van der Waals surface area (Å²) >= 11 is 8.63. The zero-order valence-corrected chi connectivity index (χ0v) is 7.20. The molecule has 0 saturated carbocycles. The summed E-state index contributed by atoms with van der Waals surface area (Å²) < 4.78 is 0.831. The van der Waals surface area contributed by atoms with Gasteiger partial charge in [-0.15, -0.1) is 4.47 Å². The topological polar surface area (TPSA) is 12.9 Å². The molecule has 0 spiro atoms. The molecule has 1 nitrogen and oxygen atoms in total. The molecule has 0 amide bonds. The van der Waals surface area contributed by atoms with Gasteiger partial charge in [0, 0.05) is 5.15 Å². The predicted molar refractivity (Wildman–Crippen MR) is 35.8 cm³/mol. The van der Waals surface area contributed by atoms with Crippen molar-refractivity contribution in [3.8, 4) is 0 Å². The van der Waals surface area contributed by atoms with E-state index in [9.17, 15) is 0 Å². The largest absolute Gasteiger partial charge is 1.00 e.